The molecular formula is C14H9N3O8. The molecule has 0 saturated carbocycles. The van der Waals surface area contributed by atoms with Crippen LogP contribution in [0.3, 0.4) is 0 Å². The summed E-state index contributed by atoms with van der Waals surface area (Å²) in [5, 5.41) is 22.8. The molecule has 128 valence electrons. The maximum atomic E-state index is 11.5. The molecule has 0 saturated heterocycles. The second kappa shape index (κ2) is 7.50. The molecule has 0 fully saturated rings. The van der Waals surface area contributed by atoms with Crippen LogP contribution in [0.5, 0.6) is 11.5 Å². The molecule has 25 heavy (non-hydrogen) atoms. The largest absolute Gasteiger partial charge is 0.422 e. The van der Waals surface area contributed by atoms with Gasteiger partial charge in [-0.1, -0.05) is 0 Å². The number of carbonyl (C=O) groups is 2. The summed E-state index contributed by atoms with van der Waals surface area (Å²) in [5.74, 6) is -0.0440. The summed E-state index contributed by atoms with van der Waals surface area (Å²) < 4.78 is 9.49. The fourth-order valence-electron chi connectivity index (χ4n) is 1.62. The molecule has 0 unspecified atom stereocenters. The van der Waals surface area contributed by atoms with E-state index in [0.717, 1.165) is 24.3 Å². The van der Waals surface area contributed by atoms with Gasteiger partial charge in [0.1, 0.15) is 11.5 Å². The van der Waals surface area contributed by atoms with Crippen LogP contribution in [0.15, 0.2) is 48.5 Å². The molecule has 0 aliphatic heterocycles. The van der Waals surface area contributed by atoms with Crippen LogP contribution in [0, 0.1) is 20.2 Å². The normalized spacial score (nSPS) is 9.76. The number of non-ortho nitro benzene ring substituents is 2. The Hall–Kier alpha value is -4.02. The van der Waals surface area contributed by atoms with Gasteiger partial charge in [0.2, 0.25) is 0 Å². The van der Waals surface area contributed by atoms with Gasteiger partial charge in [0.25, 0.3) is 11.4 Å². The lowest BCUT2D eigenvalue weighted by atomic mass is 10.3. The molecule has 0 heterocycles. The lowest BCUT2D eigenvalue weighted by Gasteiger charge is -2.06. The first-order valence-electron chi connectivity index (χ1n) is 6.54. The Morgan fingerprint density at radius 1 is 0.720 bits per heavy atom. The maximum Gasteiger partial charge on any atom is 0.422 e. The molecule has 2 rings (SSSR count). The number of nitro benzene ring substituents is 2. The van der Waals surface area contributed by atoms with E-state index in [1.54, 1.807) is 5.32 Å². The minimum Gasteiger partial charge on any atom is -0.410 e. The van der Waals surface area contributed by atoms with Crippen molar-refractivity contribution in [2.45, 2.75) is 0 Å². The van der Waals surface area contributed by atoms with Crippen molar-refractivity contribution in [3.8, 4) is 11.5 Å². The van der Waals surface area contributed by atoms with Crippen LogP contribution in [0.4, 0.5) is 21.0 Å². The number of ether oxygens (including phenoxy) is 2. The van der Waals surface area contributed by atoms with Gasteiger partial charge in [-0.25, -0.2) is 14.9 Å². The number of rotatable bonds is 4. The number of hydrogen-bond donors (Lipinski definition) is 1. The molecule has 0 aliphatic rings. The standard InChI is InChI=1S/C14H9N3O8/c18-13(24-11-5-1-9(2-6-11)16(20)21)15-14(19)25-12-7-3-10(4-8-12)17(22)23/h1-8H,(H,15,18,19). The average Bonchev–Trinajstić information content (AvgIpc) is 2.55. The molecule has 2 amide bonds. The first kappa shape index (κ1) is 17.3. The highest BCUT2D eigenvalue weighted by molar-refractivity contribution is 5.89. The number of benzene rings is 2. The van der Waals surface area contributed by atoms with E-state index in [1.807, 2.05) is 0 Å². The fourth-order valence-corrected chi connectivity index (χ4v) is 1.62. The van der Waals surface area contributed by atoms with E-state index < -0.39 is 22.0 Å². The summed E-state index contributed by atoms with van der Waals surface area (Å²) in [6.45, 7) is 0. The Morgan fingerprint density at radius 3 is 1.32 bits per heavy atom. The van der Waals surface area contributed by atoms with Crippen LogP contribution in [-0.2, 0) is 0 Å². The number of nitrogens with zero attached hydrogens (tertiary/aromatic N) is 2. The molecule has 0 aliphatic carbocycles. The summed E-state index contributed by atoms with van der Waals surface area (Å²) in [5.41, 5.74) is -0.379. The van der Waals surface area contributed by atoms with Gasteiger partial charge in [0.05, 0.1) is 9.85 Å². The molecule has 11 nitrogen and oxygen atoms in total. The average molecular weight is 347 g/mol. The molecule has 0 radical (unpaired) electrons. The quantitative estimate of drug-likeness (QED) is 0.654. The summed E-state index contributed by atoms with van der Waals surface area (Å²) in [4.78, 5) is 42.8. The van der Waals surface area contributed by atoms with Crippen molar-refractivity contribution in [2.75, 3.05) is 0 Å². The van der Waals surface area contributed by atoms with Crippen LogP contribution in [0.1, 0.15) is 0 Å². The van der Waals surface area contributed by atoms with Crippen molar-refractivity contribution in [1.82, 2.24) is 5.32 Å². The summed E-state index contributed by atoms with van der Waals surface area (Å²) in [6, 6.07) is 9.21. The zero-order valence-electron chi connectivity index (χ0n) is 12.3. The highest BCUT2D eigenvalue weighted by Gasteiger charge is 2.14. The molecule has 0 aromatic heterocycles. The van der Waals surface area contributed by atoms with E-state index in [-0.39, 0.29) is 22.9 Å². The Balaban J connectivity index is 1.88. The smallest absolute Gasteiger partial charge is 0.410 e. The van der Waals surface area contributed by atoms with Crippen molar-refractivity contribution in [2.24, 2.45) is 0 Å². The lowest BCUT2D eigenvalue weighted by Crippen LogP contribution is -2.35. The molecule has 0 spiro atoms. The molecule has 1 N–H and O–H groups in total. The van der Waals surface area contributed by atoms with Gasteiger partial charge in [0.15, 0.2) is 0 Å². The van der Waals surface area contributed by atoms with Crippen LogP contribution < -0.4 is 14.8 Å². The van der Waals surface area contributed by atoms with Gasteiger partial charge in [-0.3, -0.25) is 20.2 Å². The molecular weight excluding hydrogens is 338 g/mol. The number of nitrogens with one attached hydrogen (secondary N) is 1. The van der Waals surface area contributed by atoms with Gasteiger partial charge in [-0.15, -0.1) is 0 Å². The zero-order chi connectivity index (χ0) is 18.4. The summed E-state index contributed by atoms with van der Waals surface area (Å²) in [6.07, 6.45) is -2.33. The van der Waals surface area contributed by atoms with Crippen molar-refractivity contribution in [3.63, 3.8) is 0 Å². The van der Waals surface area contributed by atoms with Crippen LogP contribution in [-0.4, -0.2) is 22.0 Å². The van der Waals surface area contributed by atoms with E-state index in [1.165, 1.54) is 24.3 Å². The van der Waals surface area contributed by atoms with Gasteiger partial charge in [-0.05, 0) is 24.3 Å². The minimum atomic E-state index is -1.17. The van der Waals surface area contributed by atoms with Crippen molar-refractivity contribution in [1.29, 1.82) is 0 Å². The molecule has 2 aromatic carbocycles. The highest BCUT2D eigenvalue weighted by atomic mass is 16.6. The number of hydrogen-bond acceptors (Lipinski definition) is 8. The Morgan fingerprint density at radius 2 is 1.04 bits per heavy atom. The monoisotopic (exact) mass is 347 g/mol. The summed E-state index contributed by atoms with van der Waals surface area (Å²) in [7, 11) is 0. The Kier molecular flexibility index (Phi) is 5.20. The second-order valence-electron chi connectivity index (χ2n) is 4.41. The second-order valence-corrected chi connectivity index (χ2v) is 4.41. The first-order chi connectivity index (χ1) is 11.8. The topological polar surface area (TPSA) is 151 Å². The van der Waals surface area contributed by atoms with E-state index in [9.17, 15) is 29.8 Å². The van der Waals surface area contributed by atoms with E-state index >= 15 is 0 Å². The number of amides is 2. The predicted octanol–water partition coefficient (Wildman–Crippen LogP) is 2.79. The van der Waals surface area contributed by atoms with Crippen LogP contribution in [0.2, 0.25) is 0 Å². The third kappa shape index (κ3) is 4.99. The Bertz CT molecular complexity index is 747. The van der Waals surface area contributed by atoms with Gasteiger partial charge in [0, 0.05) is 24.3 Å². The van der Waals surface area contributed by atoms with Crippen LogP contribution >= 0.6 is 0 Å². The third-order valence-corrected chi connectivity index (χ3v) is 2.72. The fraction of sp³-hybridized carbons (Fsp3) is 0. The maximum absolute atomic E-state index is 11.5. The number of imide groups is 1. The van der Waals surface area contributed by atoms with Crippen molar-refractivity contribution >= 4 is 23.6 Å². The highest BCUT2D eigenvalue weighted by Crippen LogP contribution is 2.18. The van der Waals surface area contributed by atoms with Gasteiger partial charge >= 0.3 is 12.2 Å². The van der Waals surface area contributed by atoms with E-state index in [0.29, 0.717) is 0 Å². The number of nitro groups is 2. The van der Waals surface area contributed by atoms with Crippen molar-refractivity contribution in [3.05, 3.63) is 68.8 Å². The van der Waals surface area contributed by atoms with Gasteiger partial charge < -0.3 is 9.47 Å². The molecule has 0 atom stereocenters. The molecule has 0 bridgehead atoms. The molecule has 2 aromatic rings. The SMILES string of the molecule is O=C(NC(=O)Oc1ccc([N+](=O)[O-])cc1)Oc1ccc([N+](=O)[O-])cc1. The lowest BCUT2D eigenvalue weighted by molar-refractivity contribution is -0.385. The number of carbonyl (C=O) groups excluding carboxylic acids is 2. The summed E-state index contributed by atoms with van der Waals surface area (Å²) >= 11 is 0. The zero-order valence-corrected chi connectivity index (χ0v) is 12.3. The van der Waals surface area contributed by atoms with E-state index in [2.05, 4.69) is 0 Å². The van der Waals surface area contributed by atoms with E-state index in [4.69, 9.17) is 9.47 Å². The van der Waals surface area contributed by atoms with Crippen molar-refractivity contribution < 1.29 is 28.9 Å². The Labute approximate surface area is 139 Å². The third-order valence-electron chi connectivity index (χ3n) is 2.72. The predicted molar refractivity (Wildman–Crippen MR) is 81.4 cm³/mol. The van der Waals surface area contributed by atoms with Gasteiger partial charge in [-0.2, -0.15) is 0 Å². The minimum absolute atomic E-state index is 0.0220. The molecule has 11 heteroatoms. The first-order valence-corrected chi connectivity index (χ1v) is 6.54. The van der Waals surface area contributed by atoms with Crippen LogP contribution in [0.25, 0.3) is 0 Å².